The minimum atomic E-state index is 0.205. The topological polar surface area (TPSA) is 39.9 Å². The Morgan fingerprint density at radius 3 is 1.78 bits per heavy atom. The van der Waals surface area contributed by atoms with E-state index in [9.17, 15) is 0 Å². The summed E-state index contributed by atoms with van der Waals surface area (Å²) in [6.45, 7) is 4.15. The van der Waals surface area contributed by atoms with Crippen LogP contribution in [0.1, 0.15) is 19.9 Å². The molecule has 0 radical (unpaired) electrons. The van der Waals surface area contributed by atoms with Crippen LogP contribution in [-0.4, -0.2) is 22.1 Å². The van der Waals surface area contributed by atoms with Crippen LogP contribution >= 0.6 is 15.9 Å². The van der Waals surface area contributed by atoms with Crippen molar-refractivity contribution < 1.29 is 4.74 Å². The van der Waals surface area contributed by atoms with Crippen molar-refractivity contribution in [2.24, 2.45) is 0 Å². The van der Waals surface area contributed by atoms with E-state index in [0.29, 0.717) is 0 Å². The first-order valence-corrected chi connectivity index (χ1v) is 8.25. The molecule has 4 nitrogen and oxygen atoms in total. The Hall–Kier alpha value is -2.14. The van der Waals surface area contributed by atoms with Gasteiger partial charge in [0.15, 0.2) is 0 Å². The van der Waals surface area contributed by atoms with Crippen molar-refractivity contribution in [1.29, 1.82) is 0 Å². The first kappa shape index (κ1) is 15.7. The van der Waals surface area contributed by atoms with E-state index in [1.165, 1.54) is 0 Å². The molecule has 0 N–H and O–H groups in total. The Bertz CT molecular complexity index is 792. The number of nitrogens with zero attached hydrogens (tertiary/aromatic N) is 3. The lowest BCUT2D eigenvalue weighted by Crippen LogP contribution is -2.04. The summed E-state index contributed by atoms with van der Waals surface area (Å²) in [5.41, 5.74) is 3.83. The van der Waals surface area contributed by atoms with E-state index in [1.807, 2.05) is 48.5 Å². The molecule has 0 aliphatic carbocycles. The summed E-state index contributed by atoms with van der Waals surface area (Å²) < 4.78 is 6.27. The molecule has 3 rings (SSSR count). The Balaban J connectivity index is 2.12. The molecule has 0 unspecified atom stereocenters. The summed E-state index contributed by atoms with van der Waals surface area (Å²) in [5, 5.41) is 9.37. The molecule has 1 aromatic heterocycles. The van der Waals surface area contributed by atoms with Crippen LogP contribution in [0.3, 0.4) is 0 Å². The lowest BCUT2D eigenvalue weighted by molar-refractivity contribution is 0.415. The summed E-state index contributed by atoms with van der Waals surface area (Å²) in [6, 6.07) is 16.2. The average molecular weight is 372 g/mol. The maximum atomic E-state index is 5.23. The number of methoxy groups -OCH3 is 1. The predicted octanol–water partition coefficient (Wildman–Crippen LogP) is 4.96. The number of halogens is 1. The van der Waals surface area contributed by atoms with Crippen molar-refractivity contribution in [2.75, 3.05) is 7.11 Å². The lowest BCUT2D eigenvalue weighted by Gasteiger charge is -2.03. The van der Waals surface area contributed by atoms with E-state index >= 15 is 0 Å². The van der Waals surface area contributed by atoms with Gasteiger partial charge in [0, 0.05) is 15.6 Å². The van der Waals surface area contributed by atoms with Gasteiger partial charge in [-0.2, -0.15) is 15.0 Å². The average Bonchev–Trinajstić information content (AvgIpc) is 3.01. The first-order valence-electron chi connectivity index (χ1n) is 7.45. The van der Waals surface area contributed by atoms with Gasteiger partial charge < -0.3 is 4.74 Å². The molecule has 5 heteroatoms. The summed E-state index contributed by atoms with van der Waals surface area (Å²) >= 11 is 3.47. The molecule has 0 spiro atoms. The van der Waals surface area contributed by atoms with Crippen molar-refractivity contribution in [2.45, 2.75) is 19.9 Å². The minimum absolute atomic E-state index is 0.205. The van der Waals surface area contributed by atoms with Crippen molar-refractivity contribution in [1.82, 2.24) is 15.0 Å². The SMILES string of the molecule is COc1ccc(-c2nn(C(C)C)nc2-c2ccc(Br)cc2)cc1. The van der Waals surface area contributed by atoms with Crippen molar-refractivity contribution in [3.05, 3.63) is 53.0 Å². The molecule has 2 aromatic carbocycles. The zero-order valence-corrected chi connectivity index (χ0v) is 14.9. The van der Waals surface area contributed by atoms with Gasteiger partial charge in [0.25, 0.3) is 0 Å². The zero-order valence-electron chi connectivity index (χ0n) is 13.3. The molecule has 0 saturated heterocycles. The highest BCUT2D eigenvalue weighted by Gasteiger charge is 2.16. The highest BCUT2D eigenvalue weighted by molar-refractivity contribution is 9.10. The molecular formula is C18H18BrN3O. The Morgan fingerprint density at radius 2 is 1.35 bits per heavy atom. The van der Waals surface area contributed by atoms with Gasteiger partial charge in [-0.05, 0) is 50.2 Å². The van der Waals surface area contributed by atoms with Gasteiger partial charge in [0.2, 0.25) is 0 Å². The van der Waals surface area contributed by atoms with Crippen molar-refractivity contribution in [3.8, 4) is 28.3 Å². The quantitative estimate of drug-likeness (QED) is 0.650. The summed E-state index contributed by atoms with van der Waals surface area (Å²) in [7, 11) is 1.66. The second-order valence-corrected chi connectivity index (χ2v) is 6.46. The largest absolute Gasteiger partial charge is 0.497 e. The number of hydrogen-bond acceptors (Lipinski definition) is 3. The first-order chi connectivity index (χ1) is 11.1. The fourth-order valence-corrected chi connectivity index (χ4v) is 2.56. The summed E-state index contributed by atoms with van der Waals surface area (Å²) in [6.07, 6.45) is 0. The number of aromatic nitrogens is 3. The lowest BCUT2D eigenvalue weighted by atomic mass is 10.1. The third kappa shape index (κ3) is 3.29. The highest BCUT2D eigenvalue weighted by atomic mass is 79.9. The van der Waals surface area contributed by atoms with Gasteiger partial charge in [-0.25, -0.2) is 0 Å². The normalized spacial score (nSPS) is 11.0. The molecular weight excluding hydrogens is 354 g/mol. The van der Waals surface area contributed by atoms with Gasteiger partial charge in [-0.1, -0.05) is 28.1 Å². The fraction of sp³-hybridized carbons (Fsp3) is 0.222. The van der Waals surface area contributed by atoms with Crippen LogP contribution in [-0.2, 0) is 0 Å². The number of hydrogen-bond donors (Lipinski definition) is 0. The minimum Gasteiger partial charge on any atom is -0.497 e. The van der Waals surface area contributed by atoms with E-state index < -0.39 is 0 Å². The standard InChI is InChI=1S/C18H18BrN3O/c1-12(2)22-20-17(13-4-8-15(19)9-5-13)18(21-22)14-6-10-16(23-3)11-7-14/h4-12H,1-3H3. The highest BCUT2D eigenvalue weighted by Crippen LogP contribution is 2.31. The van der Waals surface area contributed by atoms with E-state index in [1.54, 1.807) is 11.9 Å². The smallest absolute Gasteiger partial charge is 0.121 e. The summed E-state index contributed by atoms with van der Waals surface area (Å²) in [5.74, 6) is 0.829. The Labute approximate surface area is 144 Å². The summed E-state index contributed by atoms with van der Waals surface area (Å²) in [4.78, 5) is 1.76. The van der Waals surface area contributed by atoms with Gasteiger partial charge >= 0.3 is 0 Å². The number of rotatable bonds is 4. The molecule has 0 aliphatic heterocycles. The van der Waals surface area contributed by atoms with Crippen LogP contribution in [0.25, 0.3) is 22.5 Å². The molecule has 3 aromatic rings. The number of benzene rings is 2. The molecule has 118 valence electrons. The van der Waals surface area contributed by atoms with E-state index in [0.717, 1.165) is 32.7 Å². The van der Waals surface area contributed by atoms with Gasteiger partial charge in [-0.3, -0.25) is 0 Å². The predicted molar refractivity (Wildman–Crippen MR) is 95.5 cm³/mol. The van der Waals surface area contributed by atoms with Crippen LogP contribution in [0.4, 0.5) is 0 Å². The van der Waals surface area contributed by atoms with Gasteiger partial charge in [0.1, 0.15) is 17.1 Å². The van der Waals surface area contributed by atoms with Gasteiger partial charge in [-0.15, -0.1) is 0 Å². The third-order valence-corrected chi connectivity index (χ3v) is 4.10. The van der Waals surface area contributed by atoms with Crippen LogP contribution in [0.5, 0.6) is 5.75 Å². The molecule has 0 bridgehead atoms. The van der Waals surface area contributed by atoms with Crippen LogP contribution in [0, 0.1) is 0 Å². The molecule has 0 saturated carbocycles. The second kappa shape index (κ2) is 6.54. The molecule has 1 heterocycles. The number of ether oxygens (including phenoxy) is 1. The molecule has 0 fully saturated rings. The molecule has 23 heavy (non-hydrogen) atoms. The van der Waals surface area contributed by atoms with Gasteiger partial charge in [0.05, 0.1) is 13.2 Å². The monoisotopic (exact) mass is 371 g/mol. The Kier molecular flexibility index (Phi) is 4.48. The van der Waals surface area contributed by atoms with Crippen LogP contribution in [0.2, 0.25) is 0 Å². The molecule has 0 aliphatic rings. The zero-order chi connectivity index (χ0) is 16.4. The van der Waals surface area contributed by atoms with E-state index in [4.69, 9.17) is 4.74 Å². The third-order valence-electron chi connectivity index (χ3n) is 3.57. The van der Waals surface area contributed by atoms with E-state index in [2.05, 4.69) is 40.0 Å². The van der Waals surface area contributed by atoms with Crippen LogP contribution in [0.15, 0.2) is 53.0 Å². The Morgan fingerprint density at radius 1 is 0.870 bits per heavy atom. The van der Waals surface area contributed by atoms with E-state index in [-0.39, 0.29) is 6.04 Å². The maximum absolute atomic E-state index is 5.23. The maximum Gasteiger partial charge on any atom is 0.121 e. The van der Waals surface area contributed by atoms with Crippen molar-refractivity contribution in [3.63, 3.8) is 0 Å². The second-order valence-electron chi connectivity index (χ2n) is 5.55. The van der Waals surface area contributed by atoms with Crippen LogP contribution < -0.4 is 4.74 Å². The van der Waals surface area contributed by atoms with Crippen molar-refractivity contribution >= 4 is 15.9 Å². The fourth-order valence-electron chi connectivity index (χ4n) is 2.30. The molecule has 0 amide bonds. The molecule has 0 atom stereocenters.